The number of pyridine rings is 4. The van der Waals surface area contributed by atoms with E-state index in [0.717, 1.165) is 121 Å². The molecule has 32 heteroatoms. The van der Waals surface area contributed by atoms with E-state index in [1.165, 1.54) is 14.0 Å². The largest absolute Gasteiger partial charge is 0.495 e. The van der Waals surface area contributed by atoms with Crippen LogP contribution in [0.5, 0.6) is 17.2 Å². The molecular formula is C115H101N23O9. The fourth-order valence-electron chi connectivity index (χ4n) is 14.4. The highest BCUT2D eigenvalue weighted by Crippen LogP contribution is 2.42. The first-order chi connectivity index (χ1) is 71.4. The highest BCUT2D eigenvalue weighted by atomic mass is 16.7. The zero-order chi connectivity index (χ0) is 103. The van der Waals surface area contributed by atoms with Crippen molar-refractivity contribution in [1.82, 2.24) is 83.9 Å². The molecule has 0 spiro atoms. The molecule has 6 amide bonds. The molecule has 7 N–H and O–H groups in total. The first-order valence-electron chi connectivity index (χ1n) is 46.2. The smallest absolute Gasteiger partial charge is 0.274 e. The second kappa shape index (κ2) is 51.2. The van der Waals surface area contributed by atoms with Crippen LogP contribution in [0.1, 0.15) is 159 Å². The van der Waals surface area contributed by atoms with Gasteiger partial charge in [-0.2, -0.15) is 30.6 Å². The lowest BCUT2D eigenvalue weighted by atomic mass is 9.98. The van der Waals surface area contributed by atoms with Crippen LogP contribution in [-0.4, -0.2) is 141 Å². The molecule has 2 aliphatic rings. The molecule has 147 heavy (non-hydrogen) atoms. The van der Waals surface area contributed by atoms with Gasteiger partial charge in [-0.25, -0.2) is 9.97 Å². The van der Waals surface area contributed by atoms with Crippen LogP contribution in [0.4, 0.5) is 34.1 Å². The number of carbonyl (C=O) groups is 6. The quantitative estimate of drug-likeness (QED) is 0.0527. The van der Waals surface area contributed by atoms with Crippen LogP contribution in [0.3, 0.4) is 0 Å². The van der Waals surface area contributed by atoms with Gasteiger partial charge in [-0.15, -0.1) is 0 Å². The number of nitrogens with one attached hydrogen (secondary N) is 7. The Morgan fingerprint density at radius 3 is 1.03 bits per heavy atom. The van der Waals surface area contributed by atoms with Crippen molar-refractivity contribution < 1.29 is 43.0 Å². The van der Waals surface area contributed by atoms with Crippen molar-refractivity contribution >= 4 is 69.6 Å². The number of methoxy groups -OCH3 is 1. The molecule has 19 rings (SSSR count). The average molecular weight is 1950 g/mol. The minimum absolute atomic E-state index is 0.0756. The number of piperidine rings is 1. The molecule has 0 unspecified atom stereocenters. The van der Waals surface area contributed by atoms with Gasteiger partial charge < -0.3 is 51.4 Å². The van der Waals surface area contributed by atoms with E-state index in [4.69, 9.17) is 14.2 Å². The molecule has 0 saturated carbocycles. The van der Waals surface area contributed by atoms with Crippen LogP contribution in [-0.2, 0) is 42.3 Å². The van der Waals surface area contributed by atoms with E-state index >= 15 is 0 Å². The molecule has 10 aromatic heterocycles. The third-order valence-electron chi connectivity index (χ3n) is 22.4. The van der Waals surface area contributed by atoms with Crippen LogP contribution < -0.4 is 51.4 Å². The Hall–Kier alpha value is -20.1. The lowest BCUT2D eigenvalue weighted by molar-refractivity contribution is 0.100. The van der Waals surface area contributed by atoms with Crippen LogP contribution in [0.25, 0.3) is 0 Å². The normalized spacial score (nSPS) is 11.0. The number of hydrogen-bond acceptors (Lipinski definition) is 20. The SMILES string of the molecule is COc1cc(C#Cc2ccccc2)ccc1NC(=O)c1ccnn1C.Cc1cc(C#CC2CCNCC2)ccc1NC(=O)c1ccnn1C.Cc1cc(C#Cc2ccccn2)ccc1NC(=O)c1ccnn1C.Cc1cc(C#Cc2cccnc2)ccc1NC(=O)c1ccnn1C.Cc1cc(C#Cc2ccncc2)ccc1NC(=O)c1ccnn1C.Cn1nccc1C(=O)Nc1ccc(C#Cc2ccccn2)c2c1OCO2. The monoisotopic (exact) mass is 1950 g/mol. The molecule has 17 aromatic rings. The predicted molar refractivity (Wildman–Crippen MR) is 563 cm³/mol. The molecule has 0 aliphatic carbocycles. The molecule has 1 fully saturated rings. The molecule has 0 atom stereocenters. The number of aromatic nitrogens is 16. The van der Waals surface area contributed by atoms with Gasteiger partial charge in [0.15, 0.2) is 11.5 Å². The van der Waals surface area contributed by atoms with Gasteiger partial charge in [-0.05, 0) is 288 Å². The second-order valence-corrected chi connectivity index (χ2v) is 32.8. The van der Waals surface area contributed by atoms with Crippen molar-refractivity contribution in [1.29, 1.82) is 0 Å². The number of fused-ring (bicyclic) bond motifs is 1. The highest BCUT2D eigenvalue weighted by Gasteiger charge is 2.25. The first-order valence-corrected chi connectivity index (χ1v) is 46.2. The van der Waals surface area contributed by atoms with E-state index in [1.54, 1.807) is 198 Å². The maximum atomic E-state index is 12.4. The van der Waals surface area contributed by atoms with Gasteiger partial charge >= 0.3 is 0 Å². The fraction of sp³-hybridized carbons (Fsp3) is 0.148. The van der Waals surface area contributed by atoms with E-state index in [1.807, 2.05) is 198 Å². The number of nitrogens with zero attached hydrogens (tertiary/aromatic N) is 16. The lowest BCUT2D eigenvalue weighted by Gasteiger charge is -2.17. The molecular weight excluding hydrogens is 1850 g/mol. The van der Waals surface area contributed by atoms with E-state index in [0.29, 0.717) is 80.0 Å². The van der Waals surface area contributed by atoms with E-state index in [9.17, 15) is 28.8 Å². The number of anilines is 6. The van der Waals surface area contributed by atoms with Gasteiger partial charge in [-0.3, -0.25) is 66.8 Å². The van der Waals surface area contributed by atoms with Crippen molar-refractivity contribution in [2.75, 3.05) is 58.9 Å². The Balaban J connectivity index is 0.000000139. The zero-order valence-corrected chi connectivity index (χ0v) is 82.3. The molecule has 7 aromatic carbocycles. The van der Waals surface area contributed by atoms with E-state index in [-0.39, 0.29) is 42.2 Å². The predicted octanol–water partition coefficient (Wildman–Crippen LogP) is 15.9. The summed E-state index contributed by atoms with van der Waals surface area (Å²) in [5, 5.41) is 44.6. The summed E-state index contributed by atoms with van der Waals surface area (Å²) in [5.41, 5.74) is 20.2. The number of ether oxygens (including phenoxy) is 3. The van der Waals surface area contributed by atoms with Crippen molar-refractivity contribution in [3.05, 3.63) is 423 Å². The van der Waals surface area contributed by atoms with Crippen molar-refractivity contribution in [3.8, 4) is 88.3 Å². The molecule has 0 radical (unpaired) electrons. The number of amides is 6. The summed E-state index contributed by atoms with van der Waals surface area (Å²) in [6.45, 7) is 9.98. The van der Waals surface area contributed by atoms with Crippen LogP contribution >= 0.6 is 0 Å². The second-order valence-electron chi connectivity index (χ2n) is 32.8. The van der Waals surface area contributed by atoms with Gasteiger partial charge in [0, 0.05) is 190 Å². The number of carbonyl (C=O) groups excluding carboxylic acids is 6. The molecule has 12 heterocycles. The summed E-state index contributed by atoms with van der Waals surface area (Å²) in [5.74, 6) is 38.1. The maximum absolute atomic E-state index is 12.4. The topological polar surface area (TPSA) is 373 Å². The number of benzene rings is 7. The van der Waals surface area contributed by atoms with Gasteiger partial charge in [-0.1, -0.05) is 89.5 Å². The summed E-state index contributed by atoms with van der Waals surface area (Å²) >= 11 is 0. The van der Waals surface area contributed by atoms with Crippen molar-refractivity contribution in [2.45, 2.75) is 40.5 Å². The number of rotatable bonds is 13. The molecule has 32 nitrogen and oxygen atoms in total. The maximum Gasteiger partial charge on any atom is 0.274 e. The lowest BCUT2D eigenvalue weighted by Crippen LogP contribution is -2.26. The van der Waals surface area contributed by atoms with Gasteiger partial charge in [0.2, 0.25) is 6.79 Å². The van der Waals surface area contributed by atoms with Crippen molar-refractivity contribution in [2.24, 2.45) is 48.2 Å². The zero-order valence-electron chi connectivity index (χ0n) is 82.3. The summed E-state index contributed by atoms with van der Waals surface area (Å²) in [4.78, 5) is 90.0. The van der Waals surface area contributed by atoms with Crippen LogP contribution in [0, 0.1) is 105 Å². The third kappa shape index (κ3) is 29.5. The average Bonchev–Trinajstić information content (AvgIpc) is 1.66. The molecule has 2 aliphatic heterocycles. The Morgan fingerprint density at radius 2 is 0.653 bits per heavy atom. The summed E-state index contributed by atoms with van der Waals surface area (Å²) < 4.78 is 25.6. The standard InChI is InChI=1S/C20H17N3O2.C19H14N4O3.C19H22N4O.3C19H16N4O/c1-23-18(12-13-21-23)20(24)22-17-11-10-16(14-19(17)25-2)9-8-15-6-4-3-5-7-15;1-23-16(9-11-21-23)19(24)22-15-8-6-13(17-18(15)26-12-25-17)5-7-14-4-2-3-10-20-14;2*1-14-13-16(4-3-15-7-10-20-11-8-15)5-6-17(14)22-19(24)18-9-12-21-23(18)2;1-14-12-15(5-6-16-4-3-10-20-13-16)7-8-17(14)22-19(24)18-9-11-21-23(18)2;1-14-13-15(6-8-16-5-3-4-11-20-16)7-9-17(14)22-19(24)18-10-12-21-23(18)2/h3-7,10-14H,1-2H3,(H,22,24);2-4,6,8-11H,12H2,1H3,(H,22,24);5-6,9,12-13,15,20H,7-8,10-11H2,1-2H3,(H,22,24);5-13H,1-2H3,(H,22,24);3-4,7-13H,1-2H3,(H,22,24);3-5,7,9-13H,1-2H3,(H,22,24). The Labute approximate surface area is 850 Å². The van der Waals surface area contributed by atoms with E-state index in [2.05, 4.69) is 159 Å². The van der Waals surface area contributed by atoms with Gasteiger partial charge in [0.25, 0.3) is 35.4 Å². The van der Waals surface area contributed by atoms with Crippen LogP contribution in [0.15, 0.2) is 305 Å². The van der Waals surface area contributed by atoms with Gasteiger partial charge in [0.1, 0.15) is 51.3 Å². The summed E-state index contributed by atoms with van der Waals surface area (Å²) in [6, 6.07) is 70.3. The Kier molecular flexibility index (Phi) is 35.8. The van der Waals surface area contributed by atoms with Crippen LogP contribution in [0.2, 0.25) is 0 Å². The highest BCUT2D eigenvalue weighted by molar-refractivity contribution is 6.07. The Morgan fingerprint density at radius 1 is 0.313 bits per heavy atom. The first kappa shape index (κ1) is 103. The van der Waals surface area contributed by atoms with Crippen molar-refractivity contribution in [3.63, 3.8) is 0 Å². The van der Waals surface area contributed by atoms with E-state index < -0.39 is 0 Å². The summed E-state index contributed by atoms with van der Waals surface area (Å²) in [6.07, 6.45) is 22.0. The Bertz CT molecular complexity index is 7620. The summed E-state index contributed by atoms with van der Waals surface area (Å²) in [7, 11) is 11.9. The fourth-order valence-corrected chi connectivity index (χ4v) is 14.4. The number of aryl methyl sites for hydroxylation is 10. The third-order valence-corrected chi connectivity index (χ3v) is 22.4. The minimum atomic E-state index is -0.282. The minimum Gasteiger partial charge on any atom is -0.495 e. The number of hydrogen-bond donors (Lipinski definition) is 7. The molecule has 0 bridgehead atoms. The molecule has 1 saturated heterocycles. The molecule has 730 valence electrons. The van der Waals surface area contributed by atoms with Gasteiger partial charge in [0.05, 0.1) is 24.0 Å².